The first kappa shape index (κ1) is 13.4. The van der Waals surface area contributed by atoms with Crippen molar-refractivity contribution in [1.29, 1.82) is 0 Å². The lowest BCUT2D eigenvalue weighted by atomic mass is 10.0. The molecule has 1 atom stereocenters. The number of nitrogens with two attached hydrogens (primary N) is 1. The molecule has 0 fully saturated rings. The molecule has 0 aliphatic carbocycles. The zero-order chi connectivity index (χ0) is 10.0. The average molecular weight is 236 g/mol. The lowest BCUT2D eigenvalue weighted by molar-refractivity contribution is 0.0695. The maximum Gasteiger partial charge on any atom is 0.336 e. The largest absolute Gasteiger partial charge is 0.478 e. The van der Waals surface area contributed by atoms with Crippen LogP contribution >= 0.6 is 23.7 Å². The molecule has 1 heterocycles. The number of halogens is 1. The molecule has 0 aliphatic rings. The van der Waals surface area contributed by atoms with Gasteiger partial charge in [0.05, 0.1) is 5.56 Å². The van der Waals surface area contributed by atoms with Crippen molar-refractivity contribution in [2.24, 2.45) is 11.7 Å². The zero-order valence-corrected chi connectivity index (χ0v) is 9.69. The van der Waals surface area contributed by atoms with E-state index in [2.05, 4.69) is 0 Å². The highest BCUT2D eigenvalue weighted by molar-refractivity contribution is 7.10. The Morgan fingerprint density at radius 1 is 1.57 bits per heavy atom. The Morgan fingerprint density at radius 2 is 2.14 bits per heavy atom. The third kappa shape index (κ3) is 2.70. The number of thiophene rings is 1. The molecule has 0 saturated carbocycles. The van der Waals surface area contributed by atoms with Gasteiger partial charge < -0.3 is 10.8 Å². The number of carbonyl (C=O) groups is 1. The summed E-state index contributed by atoms with van der Waals surface area (Å²) < 4.78 is 0. The summed E-state index contributed by atoms with van der Waals surface area (Å²) in [5.41, 5.74) is 6.21. The Balaban J connectivity index is 0.00000169. The van der Waals surface area contributed by atoms with Gasteiger partial charge in [-0.05, 0) is 17.4 Å². The highest BCUT2D eigenvalue weighted by Crippen LogP contribution is 2.27. The van der Waals surface area contributed by atoms with Gasteiger partial charge >= 0.3 is 5.97 Å². The van der Waals surface area contributed by atoms with E-state index in [1.807, 2.05) is 13.8 Å². The van der Waals surface area contributed by atoms with Gasteiger partial charge in [-0.2, -0.15) is 0 Å². The number of hydrogen-bond donors (Lipinski definition) is 2. The van der Waals surface area contributed by atoms with Crippen molar-refractivity contribution in [1.82, 2.24) is 0 Å². The summed E-state index contributed by atoms with van der Waals surface area (Å²) in [6, 6.07) is 1.43. The van der Waals surface area contributed by atoms with E-state index < -0.39 is 5.97 Å². The minimum Gasteiger partial charge on any atom is -0.478 e. The van der Waals surface area contributed by atoms with E-state index in [1.54, 1.807) is 11.4 Å². The van der Waals surface area contributed by atoms with E-state index in [0.29, 0.717) is 5.56 Å². The van der Waals surface area contributed by atoms with Crippen LogP contribution in [0.1, 0.15) is 35.1 Å². The van der Waals surface area contributed by atoms with E-state index in [0.717, 1.165) is 4.88 Å². The summed E-state index contributed by atoms with van der Waals surface area (Å²) >= 11 is 1.41. The molecule has 5 heteroatoms. The fraction of sp³-hybridized carbons (Fsp3) is 0.444. The number of rotatable bonds is 3. The predicted octanol–water partition coefficient (Wildman–Crippen LogP) is 2.52. The highest BCUT2D eigenvalue weighted by Gasteiger charge is 2.19. The smallest absolute Gasteiger partial charge is 0.336 e. The van der Waals surface area contributed by atoms with E-state index in [4.69, 9.17) is 10.8 Å². The predicted molar refractivity (Wildman–Crippen MR) is 60.3 cm³/mol. The maximum atomic E-state index is 10.8. The van der Waals surface area contributed by atoms with Crippen LogP contribution < -0.4 is 5.73 Å². The van der Waals surface area contributed by atoms with Crippen LogP contribution in [0.4, 0.5) is 0 Å². The molecule has 14 heavy (non-hydrogen) atoms. The third-order valence-corrected chi connectivity index (χ3v) is 2.96. The fourth-order valence-electron chi connectivity index (χ4n) is 1.06. The Morgan fingerprint density at radius 3 is 2.57 bits per heavy atom. The van der Waals surface area contributed by atoms with Crippen LogP contribution in [0.5, 0.6) is 0 Å². The summed E-state index contributed by atoms with van der Waals surface area (Å²) in [5.74, 6) is -0.635. The summed E-state index contributed by atoms with van der Waals surface area (Å²) in [4.78, 5) is 11.5. The molecule has 0 amide bonds. The molecule has 80 valence electrons. The topological polar surface area (TPSA) is 63.3 Å². The summed E-state index contributed by atoms with van der Waals surface area (Å²) in [6.07, 6.45) is 0. The van der Waals surface area contributed by atoms with E-state index >= 15 is 0 Å². The molecule has 1 rings (SSSR count). The minimum absolute atomic E-state index is 0. The Hall–Kier alpha value is -0.580. The fourth-order valence-corrected chi connectivity index (χ4v) is 2.12. The molecule has 1 aromatic rings. The average Bonchev–Trinajstić information content (AvgIpc) is 2.50. The van der Waals surface area contributed by atoms with Crippen LogP contribution in [0.2, 0.25) is 0 Å². The zero-order valence-electron chi connectivity index (χ0n) is 8.06. The number of aromatic carboxylic acids is 1. The normalized spacial score (nSPS) is 12.3. The van der Waals surface area contributed by atoms with Gasteiger partial charge in [-0.25, -0.2) is 4.79 Å². The lowest BCUT2D eigenvalue weighted by Gasteiger charge is -2.14. The van der Waals surface area contributed by atoms with Crippen LogP contribution in [-0.4, -0.2) is 11.1 Å². The Labute approximate surface area is 93.3 Å². The quantitative estimate of drug-likeness (QED) is 0.846. The van der Waals surface area contributed by atoms with Crippen molar-refractivity contribution in [3.63, 3.8) is 0 Å². The van der Waals surface area contributed by atoms with Crippen LogP contribution in [0.25, 0.3) is 0 Å². The lowest BCUT2D eigenvalue weighted by Crippen LogP contribution is -2.17. The van der Waals surface area contributed by atoms with Gasteiger partial charge in [-0.3, -0.25) is 0 Å². The second-order valence-corrected chi connectivity index (χ2v) is 4.22. The first-order valence-electron chi connectivity index (χ1n) is 4.10. The van der Waals surface area contributed by atoms with Gasteiger partial charge in [0.15, 0.2) is 0 Å². The molecular formula is C9H14ClNO2S. The van der Waals surface area contributed by atoms with Crippen molar-refractivity contribution in [2.75, 3.05) is 0 Å². The SMILES string of the molecule is CC(C)C(N)c1sccc1C(=O)O.Cl. The highest BCUT2D eigenvalue weighted by atomic mass is 35.5. The molecule has 1 unspecified atom stereocenters. The summed E-state index contributed by atoms with van der Waals surface area (Å²) in [6.45, 7) is 3.96. The second kappa shape index (κ2) is 5.34. The van der Waals surface area contributed by atoms with Crippen LogP contribution in [-0.2, 0) is 0 Å². The van der Waals surface area contributed by atoms with E-state index in [1.165, 1.54) is 11.3 Å². The monoisotopic (exact) mass is 235 g/mol. The number of hydrogen-bond acceptors (Lipinski definition) is 3. The van der Waals surface area contributed by atoms with Crippen molar-refractivity contribution in [2.45, 2.75) is 19.9 Å². The van der Waals surface area contributed by atoms with Crippen molar-refractivity contribution in [3.05, 3.63) is 21.9 Å². The van der Waals surface area contributed by atoms with Crippen LogP contribution in [0.3, 0.4) is 0 Å². The van der Waals surface area contributed by atoms with Crippen molar-refractivity contribution < 1.29 is 9.90 Å². The van der Waals surface area contributed by atoms with Crippen LogP contribution in [0, 0.1) is 5.92 Å². The maximum absolute atomic E-state index is 10.8. The molecule has 0 aromatic carbocycles. The molecule has 0 spiro atoms. The van der Waals surface area contributed by atoms with E-state index in [9.17, 15) is 4.79 Å². The molecule has 3 nitrogen and oxygen atoms in total. The minimum atomic E-state index is -0.896. The Bertz CT molecular complexity index is 312. The number of carboxylic acids is 1. The van der Waals surface area contributed by atoms with Gasteiger partial charge in [0.25, 0.3) is 0 Å². The molecule has 1 aromatic heterocycles. The summed E-state index contributed by atoms with van der Waals surface area (Å²) in [7, 11) is 0. The van der Waals surface area contributed by atoms with Gasteiger partial charge in [0.2, 0.25) is 0 Å². The molecule has 3 N–H and O–H groups in total. The first-order chi connectivity index (χ1) is 6.04. The molecule has 0 saturated heterocycles. The molecule has 0 aliphatic heterocycles. The number of carboxylic acid groups (broad SMARTS) is 1. The van der Waals surface area contributed by atoms with Crippen LogP contribution in [0.15, 0.2) is 11.4 Å². The second-order valence-electron chi connectivity index (χ2n) is 3.27. The summed E-state index contributed by atoms with van der Waals surface area (Å²) in [5, 5.41) is 10.6. The van der Waals surface area contributed by atoms with E-state index in [-0.39, 0.29) is 24.4 Å². The molecule has 0 radical (unpaired) electrons. The van der Waals surface area contributed by atoms with Gasteiger partial charge in [-0.15, -0.1) is 23.7 Å². The third-order valence-electron chi connectivity index (χ3n) is 1.95. The van der Waals surface area contributed by atoms with Gasteiger partial charge in [0, 0.05) is 10.9 Å². The molecule has 0 bridgehead atoms. The first-order valence-corrected chi connectivity index (χ1v) is 4.98. The molecular weight excluding hydrogens is 222 g/mol. The van der Waals surface area contributed by atoms with Gasteiger partial charge in [-0.1, -0.05) is 13.8 Å². The van der Waals surface area contributed by atoms with Crippen molar-refractivity contribution in [3.8, 4) is 0 Å². The Kier molecular flexibility index (Phi) is 5.12. The van der Waals surface area contributed by atoms with Gasteiger partial charge in [0.1, 0.15) is 0 Å². The van der Waals surface area contributed by atoms with Crippen molar-refractivity contribution >= 4 is 29.7 Å². The standard InChI is InChI=1S/C9H13NO2S.ClH/c1-5(2)7(10)8-6(9(11)12)3-4-13-8;/h3-5,7H,10H2,1-2H3,(H,11,12);1H.